The summed E-state index contributed by atoms with van der Waals surface area (Å²) in [7, 11) is 0. The molecule has 2 rings (SSSR count). The number of fused-ring (bicyclic) bond motifs is 1. The molecule has 4 heteroatoms. The van der Waals surface area contributed by atoms with Crippen molar-refractivity contribution in [3.63, 3.8) is 0 Å². The minimum Gasteiger partial charge on any atom is -0.493 e. The number of benzene rings is 1. The largest absolute Gasteiger partial charge is 0.493 e. The first kappa shape index (κ1) is 15.4. The number of halogens is 1. The van der Waals surface area contributed by atoms with Crippen LogP contribution in [0.4, 0.5) is 5.69 Å². The van der Waals surface area contributed by atoms with Gasteiger partial charge in [0.25, 0.3) is 0 Å². The van der Waals surface area contributed by atoms with Gasteiger partial charge in [0.2, 0.25) is 5.91 Å². The first-order valence-corrected chi connectivity index (χ1v) is 8.14. The molecule has 1 N–H and O–H groups in total. The highest BCUT2D eigenvalue weighted by Gasteiger charge is 2.24. The summed E-state index contributed by atoms with van der Waals surface area (Å²) in [5, 5.41) is 3.82. The fourth-order valence-electron chi connectivity index (χ4n) is 2.16. The summed E-state index contributed by atoms with van der Waals surface area (Å²) in [4.78, 5) is 11.4. The van der Waals surface area contributed by atoms with Crippen LogP contribution in [0.15, 0.2) is 18.2 Å². The highest BCUT2D eigenvalue weighted by Crippen LogP contribution is 2.30. The fourth-order valence-corrected chi connectivity index (χ4v) is 3.32. The lowest BCUT2D eigenvalue weighted by molar-refractivity contribution is -0.116. The van der Waals surface area contributed by atoms with E-state index in [9.17, 15) is 4.79 Å². The molecule has 0 spiro atoms. The number of alkyl halides is 1. The van der Waals surface area contributed by atoms with Gasteiger partial charge in [0.05, 0.1) is 6.61 Å². The van der Waals surface area contributed by atoms with Crippen molar-refractivity contribution in [1.29, 1.82) is 0 Å². The SMILES string of the molecule is CC(C)(C)C(CBr)COc1ccc2c(c1)NC(=O)CC2. The van der Waals surface area contributed by atoms with Gasteiger partial charge in [-0.15, -0.1) is 0 Å². The fraction of sp³-hybridized carbons (Fsp3) is 0.562. The van der Waals surface area contributed by atoms with Gasteiger partial charge in [-0.05, 0) is 23.5 Å². The van der Waals surface area contributed by atoms with Crippen molar-refractivity contribution < 1.29 is 9.53 Å². The molecule has 20 heavy (non-hydrogen) atoms. The van der Waals surface area contributed by atoms with Gasteiger partial charge in [0.15, 0.2) is 0 Å². The molecule has 1 aromatic rings. The normalized spacial score (nSPS) is 16.3. The number of carbonyl (C=O) groups is 1. The van der Waals surface area contributed by atoms with Crippen molar-refractivity contribution in [1.82, 2.24) is 0 Å². The number of anilines is 1. The minimum atomic E-state index is 0.0858. The molecular formula is C16H22BrNO2. The van der Waals surface area contributed by atoms with Crippen LogP contribution >= 0.6 is 15.9 Å². The smallest absolute Gasteiger partial charge is 0.224 e. The first-order valence-electron chi connectivity index (χ1n) is 7.01. The molecule has 1 aliphatic rings. The molecule has 0 aliphatic carbocycles. The Bertz CT molecular complexity index is 494. The van der Waals surface area contributed by atoms with Crippen LogP contribution in [-0.4, -0.2) is 17.8 Å². The molecule has 1 unspecified atom stereocenters. The Morgan fingerprint density at radius 2 is 2.10 bits per heavy atom. The number of nitrogens with one attached hydrogen (secondary N) is 1. The summed E-state index contributed by atoms with van der Waals surface area (Å²) >= 11 is 3.56. The van der Waals surface area contributed by atoms with Crippen molar-refractivity contribution in [2.45, 2.75) is 33.6 Å². The van der Waals surface area contributed by atoms with E-state index >= 15 is 0 Å². The molecule has 1 amide bonds. The van der Waals surface area contributed by atoms with Crippen molar-refractivity contribution in [2.75, 3.05) is 17.3 Å². The molecule has 1 atom stereocenters. The second kappa shape index (κ2) is 6.17. The Hall–Kier alpha value is -1.03. The van der Waals surface area contributed by atoms with Gasteiger partial charge in [-0.2, -0.15) is 0 Å². The number of hydrogen-bond donors (Lipinski definition) is 1. The number of carbonyl (C=O) groups excluding carboxylic acids is 1. The molecule has 0 saturated carbocycles. The van der Waals surface area contributed by atoms with Crippen LogP contribution in [0.5, 0.6) is 5.75 Å². The standard InChI is InChI=1S/C16H22BrNO2/c1-16(2,3)12(9-17)10-20-13-6-4-11-5-7-15(19)18-14(11)8-13/h4,6,8,12H,5,7,9-10H2,1-3H3,(H,18,19). The number of aryl methyl sites for hydroxylation is 1. The van der Waals surface area contributed by atoms with Crippen molar-refractivity contribution in [3.8, 4) is 5.75 Å². The molecule has 0 bridgehead atoms. The molecule has 1 aromatic carbocycles. The van der Waals surface area contributed by atoms with E-state index in [1.54, 1.807) is 0 Å². The van der Waals surface area contributed by atoms with Crippen LogP contribution in [0.3, 0.4) is 0 Å². The Labute approximate surface area is 129 Å². The third-order valence-electron chi connectivity index (χ3n) is 3.84. The predicted molar refractivity (Wildman–Crippen MR) is 85.6 cm³/mol. The number of ether oxygens (including phenoxy) is 1. The third kappa shape index (κ3) is 3.75. The van der Waals surface area contributed by atoms with E-state index in [2.05, 4.69) is 42.0 Å². The summed E-state index contributed by atoms with van der Waals surface area (Å²) in [5.74, 6) is 1.34. The first-order chi connectivity index (χ1) is 9.40. The molecule has 1 aliphatic heterocycles. The highest BCUT2D eigenvalue weighted by molar-refractivity contribution is 9.09. The van der Waals surface area contributed by atoms with E-state index in [1.807, 2.05) is 18.2 Å². The van der Waals surface area contributed by atoms with E-state index in [-0.39, 0.29) is 11.3 Å². The quantitative estimate of drug-likeness (QED) is 0.841. The van der Waals surface area contributed by atoms with Crippen LogP contribution in [0.25, 0.3) is 0 Å². The lowest BCUT2D eigenvalue weighted by atomic mass is 9.83. The predicted octanol–water partition coefficient (Wildman–Crippen LogP) is 4.01. The monoisotopic (exact) mass is 339 g/mol. The van der Waals surface area contributed by atoms with Crippen molar-refractivity contribution >= 4 is 27.5 Å². The second-order valence-corrected chi connectivity index (χ2v) is 7.04. The van der Waals surface area contributed by atoms with Gasteiger partial charge in [-0.3, -0.25) is 4.79 Å². The summed E-state index contributed by atoms with van der Waals surface area (Å²) in [6, 6.07) is 5.97. The van der Waals surface area contributed by atoms with Gasteiger partial charge < -0.3 is 10.1 Å². The Morgan fingerprint density at radius 3 is 2.75 bits per heavy atom. The maximum absolute atomic E-state index is 11.4. The number of amides is 1. The molecule has 1 heterocycles. The van der Waals surface area contributed by atoms with E-state index in [4.69, 9.17) is 4.74 Å². The zero-order valence-electron chi connectivity index (χ0n) is 12.3. The maximum atomic E-state index is 11.4. The van der Waals surface area contributed by atoms with E-state index < -0.39 is 0 Å². The molecular weight excluding hydrogens is 318 g/mol. The van der Waals surface area contributed by atoms with Crippen molar-refractivity contribution in [3.05, 3.63) is 23.8 Å². The average molecular weight is 340 g/mol. The van der Waals surface area contributed by atoms with Crippen LogP contribution in [0.1, 0.15) is 32.8 Å². The molecule has 0 radical (unpaired) electrons. The lowest BCUT2D eigenvalue weighted by Gasteiger charge is -2.29. The zero-order chi connectivity index (χ0) is 14.8. The number of hydrogen-bond acceptors (Lipinski definition) is 2. The summed E-state index contributed by atoms with van der Waals surface area (Å²) in [6.45, 7) is 7.32. The van der Waals surface area contributed by atoms with Gasteiger partial charge >= 0.3 is 0 Å². The maximum Gasteiger partial charge on any atom is 0.224 e. The van der Waals surface area contributed by atoms with Crippen LogP contribution in [-0.2, 0) is 11.2 Å². The minimum absolute atomic E-state index is 0.0858. The molecule has 0 fully saturated rings. The Balaban J connectivity index is 2.04. The third-order valence-corrected chi connectivity index (χ3v) is 4.62. The average Bonchev–Trinajstić information content (AvgIpc) is 2.37. The van der Waals surface area contributed by atoms with Gasteiger partial charge in [-0.25, -0.2) is 0 Å². The van der Waals surface area contributed by atoms with Gasteiger partial charge in [0, 0.05) is 29.4 Å². The van der Waals surface area contributed by atoms with E-state index in [0.29, 0.717) is 18.9 Å². The van der Waals surface area contributed by atoms with Gasteiger partial charge in [-0.1, -0.05) is 42.8 Å². The Kier molecular flexibility index (Phi) is 4.74. The zero-order valence-corrected chi connectivity index (χ0v) is 13.9. The number of rotatable bonds is 4. The summed E-state index contributed by atoms with van der Waals surface area (Å²) in [5.41, 5.74) is 2.28. The topological polar surface area (TPSA) is 38.3 Å². The summed E-state index contributed by atoms with van der Waals surface area (Å²) < 4.78 is 5.91. The van der Waals surface area contributed by atoms with E-state index in [1.165, 1.54) is 5.56 Å². The van der Waals surface area contributed by atoms with Crippen LogP contribution in [0, 0.1) is 11.3 Å². The van der Waals surface area contributed by atoms with Crippen LogP contribution in [0.2, 0.25) is 0 Å². The van der Waals surface area contributed by atoms with Crippen molar-refractivity contribution in [2.24, 2.45) is 11.3 Å². The lowest BCUT2D eigenvalue weighted by Crippen LogP contribution is -2.28. The molecule has 110 valence electrons. The molecule has 3 nitrogen and oxygen atoms in total. The highest BCUT2D eigenvalue weighted by atomic mass is 79.9. The van der Waals surface area contributed by atoms with Crippen LogP contribution < -0.4 is 10.1 Å². The molecule has 0 aromatic heterocycles. The summed E-state index contributed by atoms with van der Waals surface area (Å²) in [6.07, 6.45) is 1.39. The second-order valence-electron chi connectivity index (χ2n) is 6.40. The Morgan fingerprint density at radius 1 is 1.35 bits per heavy atom. The molecule has 0 saturated heterocycles. The van der Waals surface area contributed by atoms with Gasteiger partial charge in [0.1, 0.15) is 5.75 Å². The van der Waals surface area contributed by atoms with E-state index in [0.717, 1.165) is 23.2 Å².